The van der Waals surface area contributed by atoms with Gasteiger partial charge in [-0.05, 0) is 42.7 Å². The van der Waals surface area contributed by atoms with Crippen molar-refractivity contribution >= 4 is 11.8 Å². The van der Waals surface area contributed by atoms with E-state index in [2.05, 4.69) is 20.8 Å². The smallest absolute Gasteiger partial charge is 0.00490 e. The summed E-state index contributed by atoms with van der Waals surface area (Å²) in [4.78, 5) is 0. The molecule has 2 atom stereocenters. The number of thioether (sulfide) groups is 1. The maximum atomic E-state index is 5.60. The van der Waals surface area contributed by atoms with Gasteiger partial charge in [0.2, 0.25) is 0 Å². The fraction of sp³-hybridized carbons (Fsp3) is 1.00. The molecule has 0 bridgehead atoms. The van der Waals surface area contributed by atoms with Crippen molar-refractivity contribution in [2.75, 3.05) is 18.1 Å². The molecular weight excluding hydrogens is 166 g/mol. The molecule has 0 aromatic rings. The quantitative estimate of drug-likeness (QED) is 0.623. The maximum absolute atomic E-state index is 5.60. The minimum Gasteiger partial charge on any atom is -0.330 e. The monoisotopic (exact) mass is 189 g/mol. The second-order valence-corrected chi connectivity index (χ2v) is 4.92. The maximum Gasteiger partial charge on any atom is -0.00490 e. The second kappa shape index (κ2) is 7.93. The van der Waals surface area contributed by atoms with Gasteiger partial charge in [0.15, 0.2) is 0 Å². The number of hydrogen-bond donors (Lipinski definition) is 1. The Kier molecular flexibility index (Phi) is 8.14. The zero-order chi connectivity index (χ0) is 9.40. The van der Waals surface area contributed by atoms with E-state index in [0.717, 1.165) is 12.5 Å². The molecule has 1 nitrogen and oxygen atoms in total. The average Bonchev–Trinajstić information content (AvgIpc) is 2.10. The minimum atomic E-state index is 0.691. The lowest BCUT2D eigenvalue weighted by atomic mass is 9.92. The van der Waals surface area contributed by atoms with Crippen LogP contribution < -0.4 is 5.73 Å². The van der Waals surface area contributed by atoms with Crippen LogP contribution in [-0.2, 0) is 0 Å². The summed E-state index contributed by atoms with van der Waals surface area (Å²) in [5.41, 5.74) is 5.60. The van der Waals surface area contributed by atoms with Gasteiger partial charge in [-0.2, -0.15) is 11.8 Å². The van der Waals surface area contributed by atoms with Gasteiger partial charge in [0.1, 0.15) is 0 Å². The topological polar surface area (TPSA) is 26.0 Å². The molecule has 0 rings (SSSR count). The molecule has 0 aliphatic carbocycles. The molecular formula is C10H23NS. The molecule has 2 unspecified atom stereocenters. The second-order valence-electron chi connectivity index (χ2n) is 3.53. The summed E-state index contributed by atoms with van der Waals surface area (Å²) in [6.07, 6.45) is 2.69. The van der Waals surface area contributed by atoms with Crippen LogP contribution in [0.25, 0.3) is 0 Å². The van der Waals surface area contributed by atoms with Crippen LogP contribution in [0.15, 0.2) is 0 Å². The molecule has 0 aliphatic rings. The van der Waals surface area contributed by atoms with Gasteiger partial charge >= 0.3 is 0 Å². The Bertz CT molecular complexity index is 95.8. The molecule has 0 spiro atoms. The Morgan fingerprint density at radius 3 is 2.42 bits per heavy atom. The van der Waals surface area contributed by atoms with E-state index in [1.54, 1.807) is 0 Å². The summed E-state index contributed by atoms with van der Waals surface area (Å²) < 4.78 is 0. The highest BCUT2D eigenvalue weighted by Crippen LogP contribution is 2.17. The van der Waals surface area contributed by atoms with Gasteiger partial charge in [-0.15, -0.1) is 0 Å². The molecule has 0 fully saturated rings. The van der Waals surface area contributed by atoms with Gasteiger partial charge in [-0.1, -0.05) is 20.8 Å². The third kappa shape index (κ3) is 5.90. The molecule has 0 radical (unpaired) electrons. The highest BCUT2D eigenvalue weighted by molar-refractivity contribution is 7.99. The Balaban J connectivity index is 3.24. The molecule has 12 heavy (non-hydrogen) atoms. The third-order valence-electron chi connectivity index (χ3n) is 2.50. The Morgan fingerprint density at radius 1 is 1.25 bits per heavy atom. The zero-order valence-electron chi connectivity index (χ0n) is 8.68. The van der Waals surface area contributed by atoms with Crippen molar-refractivity contribution in [3.05, 3.63) is 0 Å². The van der Waals surface area contributed by atoms with Crippen molar-refractivity contribution in [1.82, 2.24) is 0 Å². The average molecular weight is 189 g/mol. The van der Waals surface area contributed by atoms with E-state index in [4.69, 9.17) is 5.73 Å². The van der Waals surface area contributed by atoms with Gasteiger partial charge in [0, 0.05) is 0 Å². The van der Waals surface area contributed by atoms with E-state index in [0.29, 0.717) is 5.92 Å². The van der Waals surface area contributed by atoms with Crippen LogP contribution >= 0.6 is 11.8 Å². The van der Waals surface area contributed by atoms with E-state index in [1.165, 1.54) is 24.3 Å². The lowest BCUT2D eigenvalue weighted by Crippen LogP contribution is -2.18. The molecule has 0 aromatic carbocycles. The molecule has 0 aromatic heterocycles. The SMILES string of the molecule is CCSCCCC(C)C(C)CN. The normalized spacial score (nSPS) is 16.0. The zero-order valence-corrected chi connectivity index (χ0v) is 9.49. The molecule has 0 saturated heterocycles. The lowest BCUT2D eigenvalue weighted by molar-refractivity contribution is 0.370. The molecule has 2 N–H and O–H groups in total. The summed E-state index contributed by atoms with van der Waals surface area (Å²) in [5.74, 6) is 4.06. The highest BCUT2D eigenvalue weighted by atomic mass is 32.2. The van der Waals surface area contributed by atoms with Crippen molar-refractivity contribution in [3.63, 3.8) is 0 Å². The van der Waals surface area contributed by atoms with Crippen molar-refractivity contribution in [3.8, 4) is 0 Å². The molecule has 0 heterocycles. The van der Waals surface area contributed by atoms with Crippen LogP contribution in [0, 0.1) is 11.8 Å². The molecule has 0 aliphatic heterocycles. The summed E-state index contributed by atoms with van der Waals surface area (Å²) in [5, 5.41) is 0. The summed E-state index contributed by atoms with van der Waals surface area (Å²) in [6.45, 7) is 7.62. The molecule has 0 amide bonds. The van der Waals surface area contributed by atoms with Crippen LogP contribution in [-0.4, -0.2) is 18.1 Å². The number of nitrogens with two attached hydrogens (primary N) is 1. The minimum absolute atomic E-state index is 0.691. The first-order chi connectivity index (χ1) is 5.72. The largest absolute Gasteiger partial charge is 0.330 e. The predicted molar refractivity (Wildman–Crippen MR) is 59.6 cm³/mol. The van der Waals surface area contributed by atoms with Crippen LogP contribution in [0.4, 0.5) is 0 Å². The standard InChI is InChI=1S/C10H23NS/c1-4-12-7-5-6-9(2)10(3)8-11/h9-10H,4-8,11H2,1-3H3. The van der Waals surface area contributed by atoms with Crippen LogP contribution in [0.1, 0.15) is 33.6 Å². The van der Waals surface area contributed by atoms with Crippen LogP contribution in [0.5, 0.6) is 0 Å². The Hall–Kier alpha value is 0.310. The highest BCUT2D eigenvalue weighted by Gasteiger charge is 2.09. The van der Waals surface area contributed by atoms with Gasteiger partial charge in [-0.3, -0.25) is 0 Å². The van der Waals surface area contributed by atoms with Crippen molar-refractivity contribution in [2.24, 2.45) is 17.6 Å². The van der Waals surface area contributed by atoms with E-state index in [9.17, 15) is 0 Å². The first-order valence-electron chi connectivity index (χ1n) is 5.00. The van der Waals surface area contributed by atoms with E-state index < -0.39 is 0 Å². The summed E-state index contributed by atoms with van der Waals surface area (Å²) in [7, 11) is 0. The van der Waals surface area contributed by atoms with Crippen LogP contribution in [0.2, 0.25) is 0 Å². The fourth-order valence-corrected chi connectivity index (χ4v) is 1.83. The van der Waals surface area contributed by atoms with E-state index >= 15 is 0 Å². The number of rotatable bonds is 7. The molecule has 0 saturated carbocycles. The lowest BCUT2D eigenvalue weighted by Gasteiger charge is -2.17. The van der Waals surface area contributed by atoms with E-state index in [-0.39, 0.29) is 0 Å². The van der Waals surface area contributed by atoms with Gasteiger partial charge < -0.3 is 5.73 Å². The summed E-state index contributed by atoms with van der Waals surface area (Å²) in [6, 6.07) is 0. The fourth-order valence-electron chi connectivity index (χ4n) is 1.17. The third-order valence-corrected chi connectivity index (χ3v) is 3.48. The number of hydrogen-bond acceptors (Lipinski definition) is 2. The molecule has 74 valence electrons. The van der Waals surface area contributed by atoms with Gasteiger partial charge in [0.25, 0.3) is 0 Å². The molecule has 2 heteroatoms. The summed E-state index contributed by atoms with van der Waals surface area (Å²) >= 11 is 2.04. The van der Waals surface area contributed by atoms with Crippen molar-refractivity contribution in [2.45, 2.75) is 33.6 Å². The van der Waals surface area contributed by atoms with Crippen molar-refractivity contribution < 1.29 is 0 Å². The predicted octanol–water partition coefficient (Wildman–Crippen LogP) is 2.75. The van der Waals surface area contributed by atoms with Crippen LogP contribution in [0.3, 0.4) is 0 Å². The van der Waals surface area contributed by atoms with E-state index in [1.807, 2.05) is 11.8 Å². The first-order valence-corrected chi connectivity index (χ1v) is 6.15. The Labute approximate surface area is 81.5 Å². The van der Waals surface area contributed by atoms with Crippen molar-refractivity contribution in [1.29, 1.82) is 0 Å². The van der Waals surface area contributed by atoms with Gasteiger partial charge in [-0.25, -0.2) is 0 Å². The first kappa shape index (κ1) is 12.3. The Morgan fingerprint density at radius 2 is 1.92 bits per heavy atom. The van der Waals surface area contributed by atoms with Gasteiger partial charge in [0.05, 0.1) is 0 Å².